The summed E-state index contributed by atoms with van der Waals surface area (Å²) in [4.78, 5) is 20.1. The van der Waals surface area contributed by atoms with Crippen molar-refractivity contribution in [3.05, 3.63) is 21.6 Å². The fraction of sp³-hybridized carbons (Fsp3) is 0.636. The molecule has 7 heteroatoms. The highest BCUT2D eigenvalue weighted by Crippen LogP contribution is 2.31. The van der Waals surface area contributed by atoms with Crippen molar-refractivity contribution in [1.82, 2.24) is 9.97 Å². The molecule has 2 rings (SSSR count). The van der Waals surface area contributed by atoms with E-state index in [1.54, 1.807) is 0 Å². The Labute approximate surface area is 110 Å². The summed E-state index contributed by atoms with van der Waals surface area (Å²) in [6.07, 6.45) is 6.79. The summed E-state index contributed by atoms with van der Waals surface area (Å²) < 4.78 is 0. The maximum absolute atomic E-state index is 11.0. The molecule has 0 unspecified atom stereocenters. The molecule has 0 saturated heterocycles. The van der Waals surface area contributed by atoms with E-state index >= 15 is 0 Å². The van der Waals surface area contributed by atoms with Crippen LogP contribution in [0.3, 0.4) is 0 Å². The maximum Gasteiger partial charge on any atom is 0.329 e. The molecular formula is C11H15ClN4O2. The molecular weight excluding hydrogens is 256 g/mol. The lowest BCUT2D eigenvalue weighted by molar-refractivity contribution is -0.384. The van der Waals surface area contributed by atoms with Gasteiger partial charge in [0, 0.05) is 13.1 Å². The molecule has 1 fully saturated rings. The van der Waals surface area contributed by atoms with Gasteiger partial charge in [0.2, 0.25) is 11.1 Å². The van der Waals surface area contributed by atoms with Crippen molar-refractivity contribution >= 4 is 23.1 Å². The van der Waals surface area contributed by atoms with Crippen molar-refractivity contribution in [2.75, 3.05) is 11.9 Å². The summed E-state index contributed by atoms with van der Waals surface area (Å²) in [6, 6.07) is 0.295. The third-order valence-corrected chi connectivity index (χ3v) is 3.56. The number of aromatic nitrogens is 2. The third kappa shape index (κ3) is 2.69. The number of halogens is 1. The first-order chi connectivity index (χ1) is 8.59. The van der Waals surface area contributed by atoms with Crippen LogP contribution in [-0.4, -0.2) is 28.0 Å². The second-order valence-electron chi connectivity index (χ2n) is 4.51. The summed E-state index contributed by atoms with van der Waals surface area (Å²) >= 11 is 5.73. The van der Waals surface area contributed by atoms with E-state index in [0.717, 1.165) is 25.7 Å². The van der Waals surface area contributed by atoms with Crippen LogP contribution in [0, 0.1) is 10.1 Å². The molecule has 0 amide bonds. The summed E-state index contributed by atoms with van der Waals surface area (Å²) in [5.41, 5.74) is -0.0903. The number of nitrogens with zero attached hydrogens (tertiary/aromatic N) is 4. The molecule has 1 aliphatic carbocycles. The van der Waals surface area contributed by atoms with E-state index in [0.29, 0.717) is 11.9 Å². The van der Waals surface area contributed by atoms with Crippen LogP contribution in [0.15, 0.2) is 6.20 Å². The fourth-order valence-electron chi connectivity index (χ4n) is 2.38. The van der Waals surface area contributed by atoms with E-state index in [1.165, 1.54) is 12.6 Å². The molecule has 0 bridgehead atoms. The predicted octanol–water partition coefficient (Wildman–Crippen LogP) is 2.81. The second kappa shape index (κ2) is 5.48. The Morgan fingerprint density at radius 3 is 2.72 bits per heavy atom. The van der Waals surface area contributed by atoms with Crippen molar-refractivity contribution in [3.8, 4) is 0 Å². The quantitative estimate of drug-likeness (QED) is 0.480. The van der Waals surface area contributed by atoms with Crippen molar-refractivity contribution in [3.63, 3.8) is 0 Å². The molecule has 0 atom stereocenters. The highest BCUT2D eigenvalue weighted by atomic mass is 35.5. The normalized spacial score (nSPS) is 16.6. The van der Waals surface area contributed by atoms with E-state index in [2.05, 4.69) is 9.97 Å². The lowest BCUT2D eigenvalue weighted by Crippen LogP contribution is -2.34. The molecule has 0 radical (unpaired) electrons. The first-order valence-corrected chi connectivity index (χ1v) is 6.37. The minimum absolute atomic E-state index is 0.0401. The van der Waals surface area contributed by atoms with Crippen LogP contribution in [-0.2, 0) is 0 Å². The Morgan fingerprint density at radius 2 is 2.11 bits per heavy atom. The SMILES string of the molecule is CN(c1nc(Cl)ncc1[N+](=O)[O-])C1CCCCC1. The van der Waals surface area contributed by atoms with Crippen LogP contribution in [0.25, 0.3) is 0 Å². The van der Waals surface area contributed by atoms with Gasteiger partial charge in [-0.1, -0.05) is 19.3 Å². The van der Waals surface area contributed by atoms with Crippen LogP contribution in [0.4, 0.5) is 11.5 Å². The maximum atomic E-state index is 11.0. The third-order valence-electron chi connectivity index (χ3n) is 3.37. The van der Waals surface area contributed by atoms with Gasteiger partial charge >= 0.3 is 5.69 Å². The van der Waals surface area contributed by atoms with Gasteiger partial charge in [-0.3, -0.25) is 10.1 Å². The Bertz CT molecular complexity index is 449. The van der Waals surface area contributed by atoms with Gasteiger partial charge in [-0.25, -0.2) is 4.98 Å². The zero-order valence-corrected chi connectivity index (χ0v) is 10.9. The summed E-state index contributed by atoms with van der Waals surface area (Å²) in [7, 11) is 1.83. The number of hydrogen-bond acceptors (Lipinski definition) is 5. The zero-order valence-electron chi connectivity index (χ0n) is 10.2. The van der Waals surface area contributed by atoms with Gasteiger partial charge in [-0.2, -0.15) is 4.98 Å². The molecule has 0 aromatic carbocycles. The van der Waals surface area contributed by atoms with E-state index in [-0.39, 0.29) is 11.0 Å². The van der Waals surface area contributed by atoms with Crippen LogP contribution < -0.4 is 4.90 Å². The predicted molar refractivity (Wildman–Crippen MR) is 69.0 cm³/mol. The number of hydrogen-bond donors (Lipinski definition) is 0. The van der Waals surface area contributed by atoms with E-state index in [4.69, 9.17) is 11.6 Å². The number of anilines is 1. The van der Waals surface area contributed by atoms with Gasteiger partial charge in [-0.05, 0) is 24.4 Å². The van der Waals surface area contributed by atoms with Gasteiger partial charge in [0.05, 0.1) is 4.92 Å². The van der Waals surface area contributed by atoms with E-state index < -0.39 is 4.92 Å². The number of rotatable bonds is 3. The second-order valence-corrected chi connectivity index (χ2v) is 4.85. The summed E-state index contributed by atoms with van der Waals surface area (Å²) in [5.74, 6) is 0.312. The summed E-state index contributed by atoms with van der Waals surface area (Å²) in [6.45, 7) is 0. The monoisotopic (exact) mass is 270 g/mol. The molecule has 6 nitrogen and oxygen atoms in total. The molecule has 18 heavy (non-hydrogen) atoms. The molecule has 1 aromatic rings. The lowest BCUT2D eigenvalue weighted by atomic mass is 9.94. The van der Waals surface area contributed by atoms with Crippen molar-refractivity contribution in [1.29, 1.82) is 0 Å². The van der Waals surface area contributed by atoms with Gasteiger partial charge in [-0.15, -0.1) is 0 Å². The molecule has 1 aromatic heterocycles. The topological polar surface area (TPSA) is 72.2 Å². The molecule has 0 spiro atoms. The first kappa shape index (κ1) is 13.0. The van der Waals surface area contributed by atoms with Crippen LogP contribution in [0.5, 0.6) is 0 Å². The molecule has 1 saturated carbocycles. The smallest absolute Gasteiger partial charge is 0.329 e. The first-order valence-electron chi connectivity index (χ1n) is 5.99. The van der Waals surface area contributed by atoms with Crippen LogP contribution in [0.2, 0.25) is 5.28 Å². The van der Waals surface area contributed by atoms with Gasteiger partial charge in [0.1, 0.15) is 6.20 Å². The molecule has 1 aliphatic rings. The van der Waals surface area contributed by atoms with E-state index in [9.17, 15) is 10.1 Å². The molecule has 1 heterocycles. The lowest BCUT2D eigenvalue weighted by Gasteiger charge is -2.31. The molecule has 0 aliphatic heterocycles. The average molecular weight is 271 g/mol. The Morgan fingerprint density at radius 1 is 1.44 bits per heavy atom. The van der Waals surface area contributed by atoms with Gasteiger partial charge < -0.3 is 4.90 Å². The van der Waals surface area contributed by atoms with Crippen LogP contribution in [0.1, 0.15) is 32.1 Å². The molecule has 0 N–H and O–H groups in total. The summed E-state index contributed by atoms with van der Waals surface area (Å²) in [5, 5.41) is 11.0. The number of nitro groups is 1. The standard InChI is InChI=1S/C11H15ClN4O2/c1-15(8-5-3-2-4-6-8)10-9(16(17)18)7-13-11(12)14-10/h7-8H,2-6H2,1H3. The Hall–Kier alpha value is -1.43. The zero-order chi connectivity index (χ0) is 13.1. The minimum Gasteiger partial charge on any atom is -0.351 e. The van der Waals surface area contributed by atoms with Crippen molar-refractivity contribution in [2.24, 2.45) is 0 Å². The van der Waals surface area contributed by atoms with Crippen molar-refractivity contribution < 1.29 is 4.92 Å². The Balaban J connectivity index is 2.30. The Kier molecular flexibility index (Phi) is 3.96. The largest absolute Gasteiger partial charge is 0.351 e. The van der Waals surface area contributed by atoms with Crippen molar-refractivity contribution in [2.45, 2.75) is 38.1 Å². The minimum atomic E-state index is -0.467. The fourth-order valence-corrected chi connectivity index (χ4v) is 2.50. The van der Waals surface area contributed by atoms with Gasteiger partial charge in [0.15, 0.2) is 0 Å². The highest BCUT2D eigenvalue weighted by Gasteiger charge is 2.26. The van der Waals surface area contributed by atoms with E-state index in [1.807, 2.05) is 11.9 Å². The average Bonchev–Trinajstić information content (AvgIpc) is 2.38. The van der Waals surface area contributed by atoms with Crippen LogP contribution >= 0.6 is 11.6 Å². The van der Waals surface area contributed by atoms with Gasteiger partial charge in [0.25, 0.3) is 0 Å². The molecule has 98 valence electrons. The highest BCUT2D eigenvalue weighted by molar-refractivity contribution is 6.28.